The highest BCUT2D eigenvalue weighted by Crippen LogP contribution is 1.92. The van der Waals surface area contributed by atoms with Crippen molar-refractivity contribution >= 4 is 0 Å². The van der Waals surface area contributed by atoms with E-state index in [1.54, 1.807) is 0 Å². The van der Waals surface area contributed by atoms with Crippen LogP contribution in [0.5, 0.6) is 0 Å². The molecule has 0 atom stereocenters. The van der Waals surface area contributed by atoms with Crippen LogP contribution in [-0.2, 0) is 0 Å². The number of hydrogen-bond donors (Lipinski definition) is 0. The second-order valence-corrected chi connectivity index (χ2v) is 1.43. The molecule has 0 saturated heterocycles. The van der Waals surface area contributed by atoms with Gasteiger partial charge in [-0.25, -0.2) is 0 Å². The molecule has 0 saturated carbocycles. The Morgan fingerprint density at radius 1 is 1.75 bits per heavy atom. The first-order valence-electron chi connectivity index (χ1n) is 2.58. The van der Waals surface area contributed by atoms with Crippen LogP contribution in [0.4, 0.5) is 0 Å². The topological polar surface area (TPSA) is 27.4 Å². The summed E-state index contributed by atoms with van der Waals surface area (Å²) in [6.07, 6.45) is 4.32. The second kappa shape index (κ2) is 6.03. The second-order valence-electron chi connectivity index (χ2n) is 1.43. The van der Waals surface area contributed by atoms with Crippen molar-refractivity contribution in [3.63, 3.8) is 0 Å². The lowest BCUT2D eigenvalue weighted by Crippen LogP contribution is -1.65. The average Bonchev–Trinajstić information content (AvgIpc) is 1.81. The molecule has 2 nitrogen and oxygen atoms in total. The molecule has 0 radical (unpaired) electrons. The van der Waals surface area contributed by atoms with E-state index in [0.717, 1.165) is 12.8 Å². The van der Waals surface area contributed by atoms with E-state index in [2.05, 4.69) is 17.7 Å². The fourth-order valence-electron chi connectivity index (χ4n) is 0.371. The molecule has 0 aliphatic rings. The average molecular weight is 111 g/mol. The first kappa shape index (κ1) is 7.03. The molecule has 0 aliphatic carbocycles. The number of hydrogen-bond acceptors (Lipinski definition) is 1. The minimum Gasteiger partial charge on any atom is -0.498 e. The summed E-state index contributed by atoms with van der Waals surface area (Å²) >= 11 is 0. The van der Waals surface area contributed by atoms with Gasteiger partial charge in [0.2, 0.25) is 0 Å². The molecule has 0 unspecified atom stereocenters. The van der Waals surface area contributed by atoms with E-state index in [9.17, 15) is 5.21 Å². The first-order valence-corrected chi connectivity index (χ1v) is 2.58. The summed E-state index contributed by atoms with van der Waals surface area (Å²) in [6.45, 7) is 3.52. The summed E-state index contributed by atoms with van der Waals surface area (Å²) in [5.74, 6) is 0. The van der Waals surface area contributed by atoms with Gasteiger partial charge >= 0.3 is 0 Å². The van der Waals surface area contributed by atoms with E-state index >= 15 is 0 Å². The Balaban J connectivity index is 2.89. The van der Waals surface area contributed by atoms with Gasteiger partial charge in [0.05, 0.1) is 6.42 Å². The van der Waals surface area contributed by atoms with E-state index < -0.39 is 0 Å². The standard InChI is InChI=1S/C6H9NO/c1-2-3-4-5-6-7-8/h2H,1,3-5H2. The Hall–Kier alpha value is -0.970. The van der Waals surface area contributed by atoms with Crippen molar-refractivity contribution in [2.24, 2.45) is 0 Å². The smallest absolute Gasteiger partial charge is 0.298 e. The lowest BCUT2D eigenvalue weighted by Gasteiger charge is -1.78. The lowest BCUT2D eigenvalue weighted by molar-refractivity contribution is 0.886. The third-order valence-corrected chi connectivity index (χ3v) is 0.761. The molecule has 44 valence electrons. The van der Waals surface area contributed by atoms with Crippen LogP contribution in [0.2, 0.25) is 0 Å². The van der Waals surface area contributed by atoms with Crippen molar-refractivity contribution in [1.29, 1.82) is 0 Å². The molecule has 0 aliphatic heterocycles. The largest absolute Gasteiger partial charge is 0.498 e. The van der Waals surface area contributed by atoms with Crippen molar-refractivity contribution in [2.45, 2.75) is 19.3 Å². The van der Waals surface area contributed by atoms with Crippen LogP contribution in [0.1, 0.15) is 19.3 Å². The van der Waals surface area contributed by atoms with Gasteiger partial charge in [-0.2, -0.15) is 0 Å². The monoisotopic (exact) mass is 111 g/mol. The van der Waals surface area contributed by atoms with Gasteiger partial charge in [-0.05, 0) is 12.8 Å². The van der Waals surface area contributed by atoms with E-state index in [1.165, 1.54) is 0 Å². The van der Waals surface area contributed by atoms with Crippen molar-refractivity contribution in [2.75, 3.05) is 0 Å². The highest BCUT2D eigenvalue weighted by Gasteiger charge is 1.82. The summed E-state index contributed by atoms with van der Waals surface area (Å²) in [5, 5.41) is 11.9. The fourth-order valence-corrected chi connectivity index (χ4v) is 0.371. The van der Waals surface area contributed by atoms with Crippen molar-refractivity contribution in [3.8, 4) is 6.07 Å². The summed E-state index contributed by atoms with van der Waals surface area (Å²) in [6, 6.07) is 2.30. The SMILES string of the molecule is C=CCCCC#[N+][O-]. The number of allylic oxidation sites excluding steroid dienone is 1. The Morgan fingerprint density at radius 3 is 3.00 bits per heavy atom. The zero-order valence-electron chi connectivity index (χ0n) is 4.76. The maximum atomic E-state index is 9.38. The number of unbranched alkanes of at least 4 members (excludes halogenated alkanes) is 2. The summed E-state index contributed by atoms with van der Waals surface area (Å²) in [5.41, 5.74) is 0. The minimum absolute atomic E-state index is 0.648. The number of rotatable bonds is 3. The first-order chi connectivity index (χ1) is 3.91. The minimum atomic E-state index is 0.648. The molecule has 0 heterocycles. The normalized spacial score (nSPS) is 7.00. The molecule has 0 aromatic carbocycles. The molecule has 0 fully saturated rings. The number of nitrogens with zero attached hydrogens (tertiary/aromatic N) is 1. The van der Waals surface area contributed by atoms with Gasteiger partial charge in [0.25, 0.3) is 6.07 Å². The molecule has 8 heavy (non-hydrogen) atoms. The maximum absolute atomic E-state index is 9.38. The molecule has 0 rings (SSSR count). The molecule has 0 aromatic rings. The van der Waals surface area contributed by atoms with E-state index in [1.807, 2.05) is 6.08 Å². The van der Waals surface area contributed by atoms with Gasteiger partial charge in [0.1, 0.15) is 0 Å². The summed E-state index contributed by atoms with van der Waals surface area (Å²) in [4.78, 5) is 0. The van der Waals surface area contributed by atoms with Gasteiger partial charge in [-0.1, -0.05) is 6.08 Å². The quantitative estimate of drug-likeness (QED) is 0.311. The van der Waals surface area contributed by atoms with Crippen LogP contribution in [0.15, 0.2) is 12.7 Å². The van der Waals surface area contributed by atoms with Crippen molar-refractivity contribution in [1.82, 2.24) is 0 Å². The Kier molecular flexibility index (Phi) is 5.30. The van der Waals surface area contributed by atoms with Crippen LogP contribution in [-0.4, -0.2) is 0 Å². The van der Waals surface area contributed by atoms with Crippen LogP contribution < -0.4 is 0 Å². The van der Waals surface area contributed by atoms with Crippen LogP contribution in [0, 0.1) is 11.3 Å². The van der Waals surface area contributed by atoms with Crippen molar-refractivity contribution < 1.29 is 0 Å². The summed E-state index contributed by atoms with van der Waals surface area (Å²) in [7, 11) is 0. The zero-order valence-corrected chi connectivity index (χ0v) is 4.76. The molecular formula is C6H9NO. The Labute approximate surface area is 49.2 Å². The van der Waals surface area contributed by atoms with Crippen LogP contribution in [0.25, 0.3) is 5.01 Å². The van der Waals surface area contributed by atoms with Gasteiger partial charge in [-0.15, -0.1) is 6.58 Å². The zero-order chi connectivity index (χ0) is 6.24. The highest BCUT2D eigenvalue weighted by atomic mass is 16.4. The van der Waals surface area contributed by atoms with Crippen LogP contribution >= 0.6 is 0 Å². The highest BCUT2D eigenvalue weighted by molar-refractivity contribution is 4.87. The molecule has 0 bridgehead atoms. The Morgan fingerprint density at radius 2 is 2.50 bits per heavy atom. The summed E-state index contributed by atoms with van der Waals surface area (Å²) < 4.78 is 0. The molecule has 0 amide bonds. The van der Waals surface area contributed by atoms with E-state index in [4.69, 9.17) is 0 Å². The molecular weight excluding hydrogens is 102 g/mol. The Bertz CT molecular complexity index is 109. The van der Waals surface area contributed by atoms with Gasteiger partial charge in [0, 0.05) is 5.01 Å². The predicted molar refractivity (Wildman–Crippen MR) is 34.7 cm³/mol. The lowest BCUT2D eigenvalue weighted by atomic mass is 10.2. The predicted octanol–water partition coefficient (Wildman–Crippen LogP) is 2.17. The maximum Gasteiger partial charge on any atom is 0.298 e. The third kappa shape index (κ3) is 5.03. The van der Waals surface area contributed by atoms with Crippen molar-refractivity contribution in [3.05, 3.63) is 22.9 Å². The fraction of sp³-hybridized carbons (Fsp3) is 0.500. The van der Waals surface area contributed by atoms with Gasteiger partial charge < -0.3 is 5.21 Å². The van der Waals surface area contributed by atoms with E-state index in [-0.39, 0.29) is 0 Å². The van der Waals surface area contributed by atoms with Gasteiger partial charge in [-0.3, -0.25) is 0 Å². The van der Waals surface area contributed by atoms with Crippen LogP contribution in [0.3, 0.4) is 0 Å². The van der Waals surface area contributed by atoms with Gasteiger partial charge in [0.15, 0.2) is 0 Å². The molecule has 0 spiro atoms. The molecule has 2 heteroatoms. The van der Waals surface area contributed by atoms with E-state index in [0.29, 0.717) is 6.42 Å². The molecule has 0 N–H and O–H groups in total. The third-order valence-electron chi connectivity index (χ3n) is 0.761. The molecule has 0 aromatic heterocycles.